The normalized spacial score (nSPS) is 10.3. The van der Waals surface area contributed by atoms with E-state index in [-0.39, 0.29) is 5.78 Å². The summed E-state index contributed by atoms with van der Waals surface area (Å²) in [5.74, 6) is 1.92. The van der Waals surface area contributed by atoms with Crippen molar-refractivity contribution in [2.24, 2.45) is 0 Å². The molecule has 27 heavy (non-hydrogen) atoms. The fraction of sp³-hybridized carbons (Fsp3) is 0.238. The molecule has 2 aromatic rings. The molecule has 0 aliphatic carbocycles. The molecule has 0 saturated heterocycles. The van der Waals surface area contributed by atoms with Crippen LogP contribution in [0.2, 0.25) is 10.0 Å². The third-order valence-electron chi connectivity index (χ3n) is 3.04. The van der Waals surface area contributed by atoms with Crippen molar-refractivity contribution in [2.75, 3.05) is 11.5 Å². The Bertz CT molecular complexity index is 714. The average molecular weight is 441 g/mol. The molecule has 0 aliphatic rings. The van der Waals surface area contributed by atoms with Gasteiger partial charge in [0.25, 0.3) is 0 Å². The first-order valence-corrected chi connectivity index (χ1v) is 11.1. The number of halogens is 2. The molecular formula is C21H22Cl2O2S2. The van der Waals surface area contributed by atoms with Crippen LogP contribution in [0.1, 0.15) is 19.8 Å². The lowest BCUT2D eigenvalue weighted by atomic mass is 10.3. The maximum absolute atomic E-state index is 10.6. The van der Waals surface area contributed by atoms with Crippen molar-refractivity contribution >= 4 is 58.8 Å². The molecule has 6 heteroatoms. The van der Waals surface area contributed by atoms with Crippen LogP contribution in [0.4, 0.5) is 0 Å². The van der Waals surface area contributed by atoms with Gasteiger partial charge in [-0.3, -0.25) is 4.79 Å². The molecule has 2 aromatic carbocycles. The lowest BCUT2D eigenvalue weighted by molar-refractivity contribution is -0.112. The van der Waals surface area contributed by atoms with Gasteiger partial charge in [-0.2, -0.15) is 0 Å². The minimum atomic E-state index is 0.103. The minimum absolute atomic E-state index is 0.103. The Morgan fingerprint density at radius 1 is 0.852 bits per heavy atom. The van der Waals surface area contributed by atoms with E-state index in [0.29, 0.717) is 6.42 Å². The maximum Gasteiger partial charge on any atom is 0.152 e. The maximum atomic E-state index is 10.6. The summed E-state index contributed by atoms with van der Waals surface area (Å²) in [4.78, 5) is 23.0. The van der Waals surface area contributed by atoms with Crippen LogP contribution in [0, 0.1) is 0 Å². The molecule has 0 atom stereocenters. The van der Waals surface area contributed by atoms with Crippen molar-refractivity contribution in [3.63, 3.8) is 0 Å². The van der Waals surface area contributed by atoms with Gasteiger partial charge in [0.1, 0.15) is 6.29 Å². The van der Waals surface area contributed by atoms with E-state index in [4.69, 9.17) is 23.2 Å². The second-order valence-electron chi connectivity index (χ2n) is 5.36. The Labute approximate surface area is 179 Å². The molecule has 0 heterocycles. The Kier molecular flexibility index (Phi) is 13.1. The number of hydrogen-bond donors (Lipinski definition) is 0. The Morgan fingerprint density at radius 3 is 1.70 bits per heavy atom. The summed E-state index contributed by atoms with van der Waals surface area (Å²) in [5.41, 5.74) is 0. The van der Waals surface area contributed by atoms with E-state index < -0.39 is 0 Å². The fourth-order valence-corrected chi connectivity index (χ4v) is 3.63. The number of carbonyl (C=O) groups excluding carboxylic acids is 2. The predicted octanol–water partition coefficient (Wildman–Crippen LogP) is 6.99. The molecule has 0 spiro atoms. The number of benzene rings is 2. The number of allylic oxidation sites excluding steroid dienone is 2. The van der Waals surface area contributed by atoms with Crippen LogP contribution in [0.5, 0.6) is 0 Å². The highest BCUT2D eigenvalue weighted by atomic mass is 35.5. The van der Waals surface area contributed by atoms with Crippen LogP contribution in [0.25, 0.3) is 0 Å². The predicted molar refractivity (Wildman–Crippen MR) is 119 cm³/mol. The van der Waals surface area contributed by atoms with Crippen molar-refractivity contribution in [1.82, 2.24) is 0 Å². The van der Waals surface area contributed by atoms with E-state index in [1.54, 1.807) is 36.5 Å². The molecular weight excluding hydrogens is 419 g/mol. The molecule has 0 aliphatic heterocycles. The van der Waals surface area contributed by atoms with Gasteiger partial charge in [-0.15, -0.1) is 23.5 Å². The summed E-state index contributed by atoms with van der Waals surface area (Å²) < 4.78 is 0. The van der Waals surface area contributed by atoms with Crippen LogP contribution in [-0.4, -0.2) is 23.6 Å². The average Bonchev–Trinajstić information content (AvgIpc) is 2.65. The summed E-state index contributed by atoms with van der Waals surface area (Å²) in [7, 11) is 0. The summed E-state index contributed by atoms with van der Waals surface area (Å²) in [6.07, 6.45) is 5.97. The lowest BCUT2D eigenvalue weighted by Gasteiger charge is -1.98. The first-order valence-electron chi connectivity index (χ1n) is 8.38. The molecule has 0 bridgehead atoms. The highest BCUT2D eigenvalue weighted by Crippen LogP contribution is 2.21. The zero-order valence-electron chi connectivity index (χ0n) is 15.1. The van der Waals surface area contributed by atoms with Gasteiger partial charge in [0.15, 0.2) is 5.78 Å². The van der Waals surface area contributed by atoms with Crippen molar-refractivity contribution < 1.29 is 9.59 Å². The fourth-order valence-electron chi connectivity index (χ4n) is 1.78. The standard InChI is InChI=1S/C12H13ClOS.C9H9ClOS/c1-10(14)4-2-3-9-15-12-7-5-11(13)6-8-12;10-8-2-4-9(5-3-8)12-7-1-6-11/h2,4-8H,3,9H2,1H3;2-6H,1,7H2/b4-2+;. The molecule has 0 radical (unpaired) electrons. The van der Waals surface area contributed by atoms with Gasteiger partial charge in [0.05, 0.1) is 0 Å². The van der Waals surface area contributed by atoms with E-state index in [2.05, 4.69) is 0 Å². The van der Waals surface area contributed by atoms with E-state index in [9.17, 15) is 9.59 Å². The van der Waals surface area contributed by atoms with Crippen LogP contribution in [-0.2, 0) is 9.59 Å². The van der Waals surface area contributed by atoms with E-state index in [0.717, 1.165) is 39.2 Å². The Morgan fingerprint density at radius 2 is 1.30 bits per heavy atom. The minimum Gasteiger partial charge on any atom is -0.303 e. The second kappa shape index (κ2) is 14.8. The highest BCUT2D eigenvalue weighted by molar-refractivity contribution is 7.99. The molecule has 0 N–H and O–H groups in total. The van der Waals surface area contributed by atoms with Crippen molar-refractivity contribution in [3.8, 4) is 0 Å². The zero-order valence-corrected chi connectivity index (χ0v) is 18.2. The smallest absolute Gasteiger partial charge is 0.152 e. The van der Waals surface area contributed by atoms with Gasteiger partial charge < -0.3 is 4.79 Å². The SMILES string of the molecule is CC(=O)/C=C/CCSc1ccc(Cl)cc1.O=CCCSc1ccc(Cl)cc1. The molecule has 0 saturated carbocycles. The third-order valence-corrected chi connectivity index (χ3v) is 5.63. The van der Waals surface area contributed by atoms with Gasteiger partial charge in [0.2, 0.25) is 0 Å². The number of thioether (sulfide) groups is 2. The monoisotopic (exact) mass is 440 g/mol. The number of aldehydes is 1. The molecule has 0 amide bonds. The second-order valence-corrected chi connectivity index (χ2v) is 8.57. The van der Waals surface area contributed by atoms with Gasteiger partial charge in [-0.1, -0.05) is 29.3 Å². The van der Waals surface area contributed by atoms with E-state index in [1.165, 1.54) is 4.90 Å². The summed E-state index contributed by atoms with van der Waals surface area (Å²) in [6.45, 7) is 1.56. The Hall–Kier alpha value is -1.20. The summed E-state index contributed by atoms with van der Waals surface area (Å²) in [5, 5.41) is 1.51. The van der Waals surface area contributed by atoms with Crippen LogP contribution >= 0.6 is 46.7 Å². The third kappa shape index (κ3) is 12.7. The number of carbonyl (C=O) groups is 2. The first-order chi connectivity index (χ1) is 13.0. The molecule has 2 rings (SSSR count). The van der Waals surface area contributed by atoms with Gasteiger partial charge in [-0.05, 0) is 68.0 Å². The topological polar surface area (TPSA) is 34.1 Å². The van der Waals surface area contributed by atoms with Crippen molar-refractivity contribution in [2.45, 2.75) is 29.6 Å². The molecule has 144 valence electrons. The lowest BCUT2D eigenvalue weighted by Crippen LogP contribution is -1.81. The van der Waals surface area contributed by atoms with Crippen LogP contribution in [0.15, 0.2) is 70.5 Å². The van der Waals surface area contributed by atoms with Gasteiger partial charge in [0, 0.05) is 37.8 Å². The summed E-state index contributed by atoms with van der Waals surface area (Å²) >= 11 is 14.9. The van der Waals surface area contributed by atoms with E-state index >= 15 is 0 Å². The van der Waals surface area contributed by atoms with Crippen LogP contribution < -0.4 is 0 Å². The van der Waals surface area contributed by atoms with Crippen LogP contribution in [0.3, 0.4) is 0 Å². The number of ketones is 1. The van der Waals surface area contributed by atoms with Crippen molar-refractivity contribution in [3.05, 3.63) is 70.7 Å². The highest BCUT2D eigenvalue weighted by Gasteiger charge is 1.93. The molecule has 2 nitrogen and oxygen atoms in total. The first kappa shape index (κ1) is 23.8. The van der Waals surface area contributed by atoms with E-state index in [1.807, 2.05) is 54.6 Å². The van der Waals surface area contributed by atoms with Gasteiger partial charge in [-0.25, -0.2) is 0 Å². The largest absolute Gasteiger partial charge is 0.303 e. The zero-order chi connectivity index (χ0) is 19.9. The number of hydrogen-bond acceptors (Lipinski definition) is 4. The molecule has 0 aromatic heterocycles. The summed E-state index contributed by atoms with van der Waals surface area (Å²) in [6, 6.07) is 15.4. The molecule has 0 fully saturated rings. The van der Waals surface area contributed by atoms with Gasteiger partial charge >= 0.3 is 0 Å². The van der Waals surface area contributed by atoms with Crippen molar-refractivity contribution in [1.29, 1.82) is 0 Å². The Balaban J connectivity index is 0.000000277. The quantitative estimate of drug-likeness (QED) is 0.182. The number of rotatable bonds is 9. The molecule has 0 unspecified atom stereocenters.